The predicted octanol–water partition coefficient (Wildman–Crippen LogP) is 4.16. The highest BCUT2D eigenvalue weighted by molar-refractivity contribution is 7.91. The van der Waals surface area contributed by atoms with E-state index in [0.29, 0.717) is 41.2 Å². The summed E-state index contributed by atoms with van der Waals surface area (Å²) in [7, 11) is -2.57. The lowest BCUT2D eigenvalue weighted by molar-refractivity contribution is -0.0708. The van der Waals surface area contributed by atoms with Crippen LogP contribution in [0.3, 0.4) is 0 Å². The van der Waals surface area contributed by atoms with Crippen molar-refractivity contribution in [3.05, 3.63) is 77.9 Å². The number of rotatable bonds is 5. The molecule has 0 amide bonds. The summed E-state index contributed by atoms with van der Waals surface area (Å²) in [5.41, 5.74) is 0.446. The molecule has 35 heavy (non-hydrogen) atoms. The Kier molecular flexibility index (Phi) is 5.82. The number of pyridine rings is 1. The van der Waals surface area contributed by atoms with Crippen LogP contribution in [0.25, 0.3) is 16.6 Å². The second-order valence-electron chi connectivity index (χ2n) is 9.21. The van der Waals surface area contributed by atoms with Crippen LogP contribution in [-0.4, -0.2) is 47.6 Å². The number of aromatic nitrogens is 2. The van der Waals surface area contributed by atoms with Crippen LogP contribution >= 0.6 is 0 Å². The van der Waals surface area contributed by atoms with Crippen molar-refractivity contribution in [3.8, 4) is 5.75 Å². The highest BCUT2D eigenvalue weighted by Gasteiger charge is 2.45. The molecule has 1 fully saturated rings. The lowest BCUT2D eigenvalue weighted by Gasteiger charge is -2.35. The number of hydrogen-bond acceptors (Lipinski definition) is 6. The third-order valence-corrected chi connectivity index (χ3v) is 9.29. The zero-order valence-corrected chi connectivity index (χ0v) is 20.4. The largest absolute Gasteiger partial charge is 0.496 e. The van der Waals surface area contributed by atoms with Crippen LogP contribution in [0.1, 0.15) is 37.4 Å². The number of halogens is 1. The van der Waals surface area contributed by atoms with Gasteiger partial charge in [-0.1, -0.05) is 18.2 Å². The SMILES string of the molecule is COc1ccc(F)cc1C1=CCC(C)(S(=O)(=O)n2c(C3(O)CCOCC3)cc3cccnc32)C=C1. The van der Waals surface area contributed by atoms with Crippen LogP contribution in [0.15, 0.2) is 60.8 Å². The van der Waals surface area contributed by atoms with E-state index in [1.165, 1.54) is 23.2 Å². The second kappa shape index (κ2) is 8.58. The first-order valence-electron chi connectivity index (χ1n) is 11.4. The van der Waals surface area contributed by atoms with Crippen LogP contribution in [0.5, 0.6) is 5.75 Å². The molecule has 1 aliphatic heterocycles. The third-order valence-electron chi connectivity index (χ3n) is 6.96. The van der Waals surface area contributed by atoms with Crippen molar-refractivity contribution in [2.75, 3.05) is 20.3 Å². The van der Waals surface area contributed by atoms with Gasteiger partial charge in [0.2, 0.25) is 10.0 Å². The summed E-state index contributed by atoms with van der Waals surface area (Å²) in [4.78, 5) is 4.36. The number of hydrogen-bond donors (Lipinski definition) is 1. The van der Waals surface area contributed by atoms with Crippen LogP contribution in [-0.2, 0) is 20.4 Å². The summed E-state index contributed by atoms with van der Waals surface area (Å²) < 4.78 is 53.0. The molecule has 1 aliphatic carbocycles. The van der Waals surface area contributed by atoms with E-state index in [2.05, 4.69) is 4.98 Å². The highest BCUT2D eigenvalue weighted by Crippen LogP contribution is 2.41. The quantitative estimate of drug-likeness (QED) is 0.568. The highest BCUT2D eigenvalue weighted by atomic mass is 32.2. The lowest BCUT2D eigenvalue weighted by atomic mass is 9.91. The van der Waals surface area contributed by atoms with Gasteiger partial charge in [-0.2, -0.15) is 0 Å². The van der Waals surface area contributed by atoms with Crippen LogP contribution in [0.2, 0.25) is 0 Å². The average molecular weight is 499 g/mol. The van der Waals surface area contributed by atoms with Crippen molar-refractivity contribution < 1.29 is 27.4 Å². The van der Waals surface area contributed by atoms with Gasteiger partial charge in [-0.15, -0.1) is 0 Å². The number of fused-ring (bicyclic) bond motifs is 1. The number of aliphatic hydroxyl groups is 1. The molecular weight excluding hydrogens is 471 g/mol. The summed E-state index contributed by atoms with van der Waals surface area (Å²) in [6.45, 7) is 2.32. The van der Waals surface area contributed by atoms with Gasteiger partial charge < -0.3 is 14.6 Å². The van der Waals surface area contributed by atoms with E-state index in [9.17, 15) is 17.9 Å². The normalized spacial score (nSPS) is 22.2. The molecule has 0 bridgehead atoms. The zero-order valence-electron chi connectivity index (χ0n) is 19.6. The molecule has 0 spiro atoms. The molecule has 2 aromatic heterocycles. The Balaban J connectivity index is 1.60. The molecule has 1 N–H and O–H groups in total. The molecule has 7 nitrogen and oxygen atoms in total. The number of ether oxygens (including phenoxy) is 2. The first-order chi connectivity index (χ1) is 16.7. The van der Waals surface area contributed by atoms with Crippen LogP contribution in [0.4, 0.5) is 4.39 Å². The van der Waals surface area contributed by atoms with Gasteiger partial charge in [0.15, 0.2) is 5.65 Å². The van der Waals surface area contributed by atoms with E-state index >= 15 is 0 Å². The molecule has 5 rings (SSSR count). The van der Waals surface area contributed by atoms with Gasteiger partial charge >= 0.3 is 0 Å². The van der Waals surface area contributed by atoms with Crippen molar-refractivity contribution in [1.82, 2.24) is 8.96 Å². The van der Waals surface area contributed by atoms with Gasteiger partial charge in [0.05, 0.1) is 12.8 Å². The van der Waals surface area contributed by atoms with Crippen molar-refractivity contribution in [2.24, 2.45) is 0 Å². The number of allylic oxidation sites excluding steroid dienone is 3. The maximum absolute atomic E-state index is 14.2. The summed E-state index contributed by atoms with van der Waals surface area (Å²) in [6.07, 6.45) is 7.34. The minimum atomic E-state index is -4.08. The van der Waals surface area contributed by atoms with Crippen LogP contribution < -0.4 is 4.74 Å². The van der Waals surface area contributed by atoms with E-state index in [0.717, 1.165) is 0 Å². The Hall–Kier alpha value is -3.01. The fraction of sp³-hybridized carbons (Fsp3) is 0.346. The van der Waals surface area contributed by atoms with E-state index in [-0.39, 0.29) is 24.9 Å². The molecule has 1 atom stereocenters. The number of nitrogens with zero attached hydrogens (tertiary/aromatic N) is 2. The van der Waals surface area contributed by atoms with Gasteiger partial charge in [0.1, 0.15) is 21.9 Å². The minimum absolute atomic E-state index is 0.147. The van der Waals surface area contributed by atoms with Crippen molar-refractivity contribution in [1.29, 1.82) is 0 Å². The minimum Gasteiger partial charge on any atom is -0.496 e. The molecule has 0 saturated carbocycles. The summed E-state index contributed by atoms with van der Waals surface area (Å²) in [5.74, 6) is 0.0914. The van der Waals surface area contributed by atoms with Gasteiger partial charge in [0, 0.05) is 43.2 Å². The fourth-order valence-corrected chi connectivity index (χ4v) is 6.58. The van der Waals surface area contributed by atoms with Gasteiger partial charge in [-0.3, -0.25) is 0 Å². The van der Waals surface area contributed by atoms with Gasteiger partial charge in [-0.25, -0.2) is 21.8 Å². The molecular formula is C26H27FN2O5S. The Morgan fingerprint density at radius 3 is 2.66 bits per heavy atom. The average Bonchev–Trinajstić information content (AvgIpc) is 3.26. The van der Waals surface area contributed by atoms with E-state index in [4.69, 9.17) is 9.47 Å². The molecule has 1 aromatic carbocycles. The lowest BCUT2D eigenvalue weighted by Crippen LogP contribution is -2.43. The third kappa shape index (κ3) is 3.87. The summed E-state index contributed by atoms with van der Waals surface area (Å²) in [6, 6.07) is 9.46. The van der Waals surface area contributed by atoms with E-state index < -0.39 is 26.2 Å². The molecule has 3 aromatic rings. The van der Waals surface area contributed by atoms with Gasteiger partial charge in [-0.05, 0) is 55.3 Å². The Morgan fingerprint density at radius 1 is 1.20 bits per heavy atom. The van der Waals surface area contributed by atoms with Gasteiger partial charge in [0.25, 0.3) is 0 Å². The molecule has 9 heteroatoms. The molecule has 1 saturated heterocycles. The molecule has 184 valence electrons. The fourth-order valence-electron chi connectivity index (χ4n) is 4.76. The Morgan fingerprint density at radius 2 is 1.97 bits per heavy atom. The van der Waals surface area contributed by atoms with Crippen LogP contribution in [0, 0.1) is 5.82 Å². The first kappa shape index (κ1) is 23.7. The van der Waals surface area contributed by atoms with Crippen molar-refractivity contribution >= 4 is 26.6 Å². The van der Waals surface area contributed by atoms with Crippen molar-refractivity contribution in [2.45, 2.75) is 36.5 Å². The Bertz CT molecular complexity index is 1450. The molecule has 2 aliphatic rings. The smallest absolute Gasteiger partial charge is 0.249 e. The topological polar surface area (TPSA) is 90.7 Å². The molecule has 3 heterocycles. The first-order valence-corrected chi connectivity index (χ1v) is 12.9. The maximum atomic E-state index is 14.2. The number of benzene rings is 1. The predicted molar refractivity (Wildman–Crippen MR) is 131 cm³/mol. The molecule has 0 radical (unpaired) electrons. The van der Waals surface area contributed by atoms with Crippen molar-refractivity contribution in [3.63, 3.8) is 0 Å². The monoisotopic (exact) mass is 498 g/mol. The maximum Gasteiger partial charge on any atom is 0.249 e. The zero-order chi connectivity index (χ0) is 24.8. The number of methoxy groups -OCH3 is 1. The summed E-state index contributed by atoms with van der Waals surface area (Å²) >= 11 is 0. The van der Waals surface area contributed by atoms with E-state index in [1.807, 2.05) is 0 Å². The Labute approximate surface area is 203 Å². The summed E-state index contributed by atoms with van der Waals surface area (Å²) in [5, 5.41) is 12.1. The second-order valence-corrected chi connectivity index (χ2v) is 11.5. The molecule has 1 unspecified atom stereocenters. The van der Waals surface area contributed by atoms with E-state index in [1.54, 1.807) is 55.6 Å². The standard InChI is InChI=1S/C26H27FN2O5S/c1-25(9-7-18(8-10-25)21-17-20(27)5-6-22(21)33-2)35(31,32)29-23(26(30)11-14-34-15-12-26)16-19-4-3-13-28-24(19)29/h3-9,13,16-17,30H,10-12,14-15H2,1-2H3.